The molecule has 2 nitrogen and oxygen atoms in total. The van der Waals surface area contributed by atoms with Gasteiger partial charge < -0.3 is 4.74 Å². The lowest BCUT2D eigenvalue weighted by atomic mass is 10.1. The van der Waals surface area contributed by atoms with E-state index in [-0.39, 0.29) is 5.97 Å². The van der Waals surface area contributed by atoms with Crippen molar-refractivity contribution < 1.29 is 9.53 Å². The van der Waals surface area contributed by atoms with Gasteiger partial charge in [0.25, 0.3) is 0 Å². The highest BCUT2D eigenvalue weighted by Crippen LogP contribution is 2.07. The average molecular weight is 184 g/mol. The smallest absolute Gasteiger partial charge is 0.333 e. The van der Waals surface area contributed by atoms with E-state index in [1.807, 2.05) is 13.8 Å². The van der Waals surface area contributed by atoms with Crippen molar-refractivity contribution in [1.29, 1.82) is 0 Å². The van der Waals surface area contributed by atoms with E-state index < -0.39 is 0 Å². The molecule has 0 aromatic heterocycles. The van der Waals surface area contributed by atoms with E-state index in [2.05, 4.69) is 13.5 Å². The van der Waals surface area contributed by atoms with Gasteiger partial charge in [0, 0.05) is 5.57 Å². The van der Waals surface area contributed by atoms with Crippen molar-refractivity contribution >= 4 is 5.97 Å². The molecule has 13 heavy (non-hydrogen) atoms. The van der Waals surface area contributed by atoms with Crippen LogP contribution >= 0.6 is 0 Å². The lowest BCUT2D eigenvalue weighted by molar-refractivity contribution is -0.140. The Bertz CT molecular complexity index is 171. The zero-order valence-corrected chi connectivity index (χ0v) is 8.93. The number of carbonyl (C=O) groups is 1. The first-order chi connectivity index (χ1) is 6.07. The molecule has 0 fully saturated rings. The molecule has 0 rings (SSSR count). The monoisotopic (exact) mass is 184 g/mol. The van der Waals surface area contributed by atoms with Crippen molar-refractivity contribution in [2.75, 3.05) is 6.61 Å². The summed E-state index contributed by atoms with van der Waals surface area (Å²) >= 11 is 0. The van der Waals surface area contributed by atoms with E-state index >= 15 is 0 Å². The minimum Gasteiger partial charge on any atom is -0.462 e. The van der Waals surface area contributed by atoms with Crippen LogP contribution in [-0.4, -0.2) is 12.6 Å². The first-order valence-electron chi connectivity index (χ1n) is 4.92. The molecule has 0 aromatic carbocycles. The van der Waals surface area contributed by atoms with Gasteiger partial charge in [0.1, 0.15) is 0 Å². The molecule has 0 amide bonds. The molecule has 0 atom stereocenters. The number of unbranched alkanes of at least 4 members (excludes halogenated alkanes) is 1. The van der Waals surface area contributed by atoms with Crippen molar-refractivity contribution in [3.05, 3.63) is 12.2 Å². The molecule has 2 heteroatoms. The average Bonchev–Trinajstić information content (AvgIpc) is 2.10. The topological polar surface area (TPSA) is 26.3 Å². The zero-order valence-electron chi connectivity index (χ0n) is 8.93. The van der Waals surface area contributed by atoms with E-state index in [0.717, 1.165) is 19.3 Å². The van der Waals surface area contributed by atoms with Gasteiger partial charge in [-0.2, -0.15) is 0 Å². The second-order valence-electron chi connectivity index (χ2n) is 3.70. The minimum absolute atomic E-state index is 0.234. The predicted octanol–water partition coefficient (Wildman–Crippen LogP) is 2.93. The first-order valence-corrected chi connectivity index (χ1v) is 4.92. The SMILES string of the molecule is C=C(CCCC)C(=O)OCC(C)C. The summed E-state index contributed by atoms with van der Waals surface area (Å²) in [7, 11) is 0. The van der Waals surface area contributed by atoms with Crippen molar-refractivity contribution in [1.82, 2.24) is 0 Å². The molecule has 0 saturated heterocycles. The van der Waals surface area contributed by atoms with Crippen molar-refractivity contribution in [2.24, 2.45) is 5.92 Å². The summed E-state index contributed by atoms with van der Waals surface area (Å²) < 4.78 is 5.02. The van der Waals surface area contributed by atoms with E-state index in [1.54, 1.807) is 0 Å². The molecular weight excluding hydrogens is 164 g/mol. The number of rotatable bonds is 6. The molecule has 0 unspecified atom stereocenters. The molecular formula is C11H20O2. The molecule has 76 valence electrons. The first kappa shape index (κ1) is 12.2. The Morgan fingerprint density at radius 1 is 1.46 bits per heavy atom. The van der Waals surface area contributed by atoms with Crippen LogP contribution in [0.15, 0.2) is 12.2 Å². The number of ether oxygens (including phenoxy) is 1. The van der Waals surface area contributed by atoms with Crippen LogP contribution in [0, 0.1) is 5.92 Å². The Hall–Kier alpha value is -0.790. The fourth-order valence-electron chi connectivity index (χ4n) is 0.837. The van der Waals surface area contributed by atoms with Gasteiger partial charge in [-0.25, -0.2) is 4.79 Å². The van der Waals surface area contributed by atoms with Gasteiger partial charge in [0.2, 0.25) is 0 Å². The van der Waals surface area contributed by atoms with Crippen LogP contribution in [0.4, 0.5) is 0 Å². The normalized spacial score (nSPS) is 10.2. The second-order valence-corrected chi connectivity index (χ2v) is 3.70. The standard InChI is InChI=1S/C11H20O2/c1-5-6-7-10(4)11(12)13-8-9(2)3/h9H,4-8H2,1-3H3. The third-order valence-electron chi connectivity index (χ3n) is 1.67. The van der Waals surface area contributed by atoms with Crippen LogP contribution < -0.4 is 0 Å². The van der Waals surface area contributed by atoms with Gasteiger partial charge in [0.05, 0.1) is 6.61 Å². The number of esters is 1. The molecule has 0 aliphatic rings. The summed E-state index contributed by atoms with van der Waals surface area (Å²) in [6, 6.07) is 0. The maximum absolute atomic E-state index is 11.2. The molecule has 0 spiro atoms. The Morgan fingerprint density at radius 3 is 2.54 bits per heavy atom. The summed E-state index contributed by atoms with van der Waals surface area (Å²) in [4.78, 5) is 11.2. The predicted molar refractivity (Wildman–Crippen MR) is 54.5 cm³/mol. The Kier molecular flexibility index (Phi) is 6.29. The summed E-state index contributed by atoms with van der Waals surface area (Å²) in [6.07, 6.45) is 2.85. The van der Waals surface area contributed by atoms with Crippen molar-refractivity contribution in [3.63, 3.8) is 0 Å². The van der Waals surface area contributed by atoms with Gasteiger partial charge in [-0.05, 0) is 18.8 Å². The molecule has 0 saturated carbocycles. The fourth-order valence-corrected chi connectivity index (χ4v) is 0.837. The number of hydrogen-bond acceptors (Lipinski definition) is 2. The molecule has 0 radical (unpaired) electrons. The Labute approximate surface area is 81.0 Å². The van der Waals surface area contributed by atoms with Crippen molar-refractivity contribution in [3.8, 4) is 0 Å². The minimum atomic E-state index is -0.234. The number of hydrogen-bond donors (Lipinski definition) is 0. The summed E-state index contributed by atoms with van der Waals surface area (Å²) in [5.41, 5.74) is 0.600. The van der Waals surface area contributed by atoms with Gasteiger partial charge >= 0.3 is 5.97 Å². The van der Waals surface area contributed by atoms with Gasteiger partial charge in [0.15, 0.2) is 0 Å². The third kappa shape index (κ3) is 6.38. The van der Waals surface area contributed by atoms with Crippen LogP contribution in [0.1, 0.15) is 40.0 Å². The largest absolute Gasteiger partial charge is 0.462 e. The molecule has 0 aliphatic heterocycles. The van der Waals surface area contributed by atoms with E-state index in [0.29, 0.717) is 18.1 Å². The molecule has 0 bridgehead atoms. The second kappa shape index (κ2) is 6.70. The van der Waals surface area contributed by atoms with E-state index in [9.17, 15) is 4.79 Å². The van der Waals surface area contributed by atoms with Crippen LogP contribution in [0.25, 0.3) is 0 Å². The highest BCUT2D eigenvalue weighted by molar-refractivity contribution is 5.87. The van der Waals surface area contributed by atoms with Crippen molar-refractivity contribution in [2.45, 2.75) is 40.0 Å². The van der Waals surface area contributed by atoms with Gasteiger partial charge in [-0.1, -0.05) is 33.8 Å². The zero-order chi connectivity index (χ0) is 10.3. The summed E-state index contributed by atoms with van der Waals surface area (Å²) in [5, 5.41) is 0. The molecule has 0 heterocycles. The summed E-state index contributed by atoms with van der Waals surface area (Å²) in [6.45, 7) is 10.3. The molecule has 0 aromatic rings. The van der Waals surface area contributed by atoms with E-state index in [4.69, 9.17) is 4.74 Å². The summed E-state index contributed by atoms with van der Waals surface area (Å²) in [5.74, 6) is 0.157. The fraction of sp³-hybridized carbons (Fsp3) is 0.727. The van der Waals surface area contributed by atoms with E-state index in [1.165, 1.54) is 0 Å². The van der Waals surface area contributed by atoms with Crippen LogP contribution in [-0.2, 0) is 9.53 Å². The maximum atomic E-state index is 11.2. The van der Waals surface area contributed by atoms with Crippen LogP contribution in [0.3, 0.4) is 0 Å². The van der Waals surface area contributed by atoms with Gasteiger partial charge in [-0.15, -0.1) is 0 Å². The molecule has 0 N–H and O–H groups in total. The molecule has 0 aliphatic carbocycles. The third-order valence-corrected chi connectivity index (χ3v) is 1.67. The highest BCUT2D eigenvalue weighted by Gasteiger charge is 2.08. The lowest BCUT2D eigenvalue weighted by Crippen LogP contribution is -2.11. The Balaban J connectivity index is 3.64. The highest BCUT2D eigenvalue weighted by atomic mass is 16.5. The quantitative estimate of drug-likeness (QED) is 0.468. The van der Waals surface area contributed by atoms with Crippen LogP contribution in [0.2, 0.25) is 0 Å². The lowest BCUT2D eigenvalue weighted by Gasteiger charge is -2.08. The van der Waals surface area contributed by atoms with Crippen LogP contribution in [0.5, 0.6) is 0 Å². The van der Waals surface area contributed by atoms with Gasteiger partial charge in [-0.3, -0.25) is 0 Å². The maximum Gasteiger partial charge on any atom is 0.333 e. The Morgan fingerprint density at radius 2 is 2.08 bits per heavy atom. The number of carbonyl (C=O) groups excluding carboxylic acids is 1.